The van der Waals surface area contributed by atoms with Gasteiger partial charge in [-0.2, -0.15) is 0 Å². The molecule has 1 heterocycles. The Labute approximate surface area is 123 Å². The minimum atomic E-state index is -1.04. The second-order valence-electron chi connectivity index (χ2n) is 4.82. The zero-order chi connectivity index (χ0) is 15.4. The van der Waals surface area contributed by atoms with Crippen LogP contribution in [0.15, 0.2) is 36.4 Å². The van der Waals surface area contributed by atoms with Gasteiger partial charge in [-0.1, -0.05) is 23.8 Å². The lowest BCUT2D eigenvalue weighted by atomic mass is 10.0. The van der Waals surface area contributed by atoms with Crippen molar-refractivity contribution in [3.8, 4) is 5.75 Å². The van der Waals surface area contributed by atoms with Crippen LogP contribution in [0.4, 0.5) is 5.82 Å². The zero-order valence-corrected chi connectivity index (χ0v) is 12.3. The monoisotopic (exact) mass is 286 g/mol. The van der Waals surface area contributed by atoms with E-state index in [2.05, 4.69) is 10.3 Å². The molecule has 0 fully saturated rings. The number of aryl methyl sites for hydroxylation is 1. The lowest BCUT2D eigenvalue weighted by molar-refractivity contribution is 0.0690. The summed E-state index contributed by atoms with van der Waals surface area (Å²) in [6.45, 7) is 3.99. The van der Waals surface area contributed by atoms with E-state index < -0.39 is 5.97 Å². The van der Waals surface area contributed by atoms with E-state index >= 15 is 0 Å². The van der Waals surface area contributed by atoms with Gasteiger partial charge in [-0.25, -0.2) is 9.78 Å². The number of hydrogen-bond donors (Lipinski definition) is 2. The van der Waals surface area contributed by atoms with E-state index in [1.165, 1.54) is 6.07 Å². The van der Waals surface area contributed by atoms with E-state index in [9.17, 15) is 4.79 Å². The van der Waals surface area contributed by atoms with Gasteiger partial charge in [0.15, 0.2) is 5.69 Å². The predicted molar refractivity (Wildman–Crippen MR) is 81.0 cm³/mol. The molecule has 2 rings (SSSR count). The van der Waals surface area contributed by atoms with Gasteiger partial charge in [0, 0.05) is 5.56 Å². The average Bonchev–Trinajstić information content (AvgIpc) is 2.47. The van der Waals surface area contributed by atoms with Crippen molar-refractivity contribution in [1.29, 1.82) is 0 Å². The number of nitrogens with one attached hydrogen (secondary N) is 1. The van der Waals surface area contributed by atoms with Gasteiger partial charge < -0.3 is 15.2 Å². The number of anilines is 1. The number of carbonyl (C=O) groups is 1. The topological polar surface area (TPSA) is 71.5 Å². The summed E-state index contributed by atoms with van der Waals surface area (Å²) < 4.78 is 5.37. The molecular formula is C16H18N2O3. The highest BCUT2D eigenvalue weighted by Crippen LogP contribution is 2.28. The highest BCUT2D eigenvalue weighted by molar-refractivity contribution is 5.85. The van der Waals surface area contributed by atoms with Gasteiger partial charge in [0.2, 0.25) is 0 Å². The first-order valence-corrected chi connectivity index (χ1v) is 6.62. The molecule has 1 aromatic carbocycles. The van der Waals surface area contributed by atoms with Gasteiger partial charge in [0.05, 0.1) is 13.2 Å². The number of hydrogen-bond acceptors (Lipinski definition) is 4. The summed E-state index contributed by atoms with van der Waals surface area (Å²) in [4.78, 5) is 15.0. The Morgan fingerprint density at radius 3 is 2.76 bits per heavy atom. The maximum absolute atomic E-state index is 10.9. The minimum Gasteiger partial charge on any atom is -0.496 e. The fourth-order valence-electron chi connectivity index (χ4n) is 2.13. The number of carboxylic acid groups (broad SMARTS) is 1. The molecule has 0 aliphatic carbocycles. The number of ether oxygens (including phenoxy) is 1. The molecule has 5 heteroatoms. The molecule has 0 bridgehead atoms. The lowest BCUT2D eigenvalue weighted by Crippen LogP contribution is -2.11. The molecule has 2 N–H and O–H groups in total. The predicted octanol–water partition coefficient (Wildman–Crippen LogP) is 3.27. The number of carboxylic acids is 1. The van der Waals surface area contributed by atoms with Gasteiger partial charge in [-0.05, 0) is 32.0 Å². The number of methoxy groups -OCH3 is 1. The van der Waals surface area contributed by atoms with Crippen molar-refractivity contribution in [3.05, 3.63) is 53.2 Å². The summed E-state index contributed by atoms with van der Waals surface area (Å²) >= 11 is 0. The largest absolute Gasteiger partial charge is 0.496 e. The van der Waals surface area contributed by atoms with Crippen molar-refractivity contribution >= 4 is 11.8 Å². The van der Waals surface area contributed by atoms with Crippen molar-refractivity contribution in [2.75, 3.05) is 12.4 Å². The Kier molecular flexibility index (Phi) is 4.42. The van der Waals surface area contributed by atoms with Crippen LogP contribution in [0.5, 0.6) is 5.75 Å². The van der Waals surface area contributed by atoms with E-state index in [0.717, 1.165) is 16.9 Å². The maximum Gasteiger partial charge on any atom is 0.354 e. The average molecular weight is 286 g/mol. The van der Waals surface area contributed by atoms with Crippen molar-refractivity contribution in [1.82, 2.24) is 4.98 Å². The van der Waals surface area contributed by atoms with Crippen molar-refractivity contribution in [3.63, 3.8) is 0 Å². The van der Waals surface area contributed by atoms with Crippen LogP contribution in [-0.4, -0.2) is 23.2 Å². The van der Waals surface area contributed by atoms with Crippen LogP contribution in [0, 0.1) is 6.92 Å². The number of aromatic nitrogens is 1. The third kappa shape index (κ3) is 3.51. The van der Waals surface area contributed by atoms with Crippen LogP contribution in [0.3, 0.4) is 0 Å². The molecular weight excluding hydrogens is 268 g/mol. The molecule has 0 saturated heterocycles. The molecule has 1 atom stereocenters. The number of aromatic carboxylic acids is 1. The van der Waals surface area contributed by atoms with Crippen LogP contribution in [0.1, 0.15) is 34.6 Å². The third-order valence-corrected chi connectivity index (χ3v) is 3.18. The number of rotatable bonds is 5. The Hall–Kier alpha value is -2.56. The van der Waals surface area contributed by atoms with Gasteiger partial charge in [0.25, 0.3) is 0 Å². The zero-order valence-electron chi connectivity index (χ0n) is 12.3. The van der Waals surface area contributed by atoms with Crippen LogP contribution >= 0.6 is 0 Å². The SMILES string of the molecule is COc1ccc(C)cc1[C@@H](C)Nc1cccc(C(=O)O)n1. The second-order valence-corrected chi connectivity index (χ2v) is 4.82. The lowest BCUT2D eigenvalue weighted by Gasteiger charge is -2.18. The van der Waals surface area contributed by atoms with E-state index in [0.29, 0.717) is 5.82 Å². The smallest absolute Gasteiger partial charge is 0.354 e. The fourth-order valence-corrected chi connectivity index (χ4v) is 2.13. The Morgan fingerprint density at radius 1 is 1.33 bits per heavy atom. The summed E-state index contributed by atoms with van der Waals surface area (Å²) in [5.41, 5.74) is 2.15. The summed E-state index contributed by atoms with van der Waals surface area (Å²) in [6.07, 6.45) is 0. The molecule has 0 radical (unpaired) electrons. The molecule has 21 heavy (non-hydrogen) atoms. The van der Waals surface area contributed by atoms with E-state index in [4.69, 9.17) is 9.84 Å². The Morgan fingerprint density at radius 2 is 2.10 bits per heavy atom. The highest BCUT2D eigenvalue weighted by Gasteiger charge is 2.13. The Balaban J connectivity index is 2.25. The van der Waals surface area contributed by atoms with E-state index in [1.54, 1.807) is 19.2 Å². The number of pyridine rings is 1. The highest BCUT2D eigenvalue weighted by atomic mass is 16.5. The first kappa shape index (κ1) is 14.8. The molecule has 0 amide bonds. The summed E-state index contributed by atoms with van der Waals surface area (Å²) in [7, 11) is 1.63. The normalized spacial score (nSPS) is 11.8. The molecule has 0 aliphatic heterocycles. The third-order valence-electron chi connectivity index (χ3n) is 3.18. The van der Waals surface area contributed by atoms with Crippen molar-refractivity contribution in [2.24, 2.45) is 0 Å². The molecule has 110 valence electrons. The summed E-state index contributed by atoms with van der Waals surface area (Å²) in [6, 6.07) is 10.8. The van der Waals surface area contributed by atoms with Gasteiger partial charge in [0.1, 0.15) is 11.6 Å². The first-order valence-electron chi connectivity index (χ1n) is 6.62. The van der Waals surface area contributed by atoms with Gasteiger partial charge in [-0.3, -0.25) is 0 Å². The molecule has 0 saturated carbocycles. The van der Waals surface area contributed by atoms with E-state index in [1.807, 2.05) is 32.0 Å². The van der Waals surface area contributed by atoms with Crippen LogP contribution < -0.4 is 10.1 Å². The maximum atomic E-state index is 10.9. The number of nitrogens with zero attached hydrogens (tertiary/aromatic N) is 1. The first-order chi connectivity index (χ1) is 10.0. The molecule has 1 aromatic heterocycles. The summed E-state index contributed by atoms with van der Waals surface area (Å²) in [5, 5.41) is 12.2. The van der Waals surface area contributed by atoms with Crippen LogP contribution in [0.25, 0.3) is 0 Å². The Bertz CT molecular complexity index is 656. The molecule has 0 unspecified atom stereocenters. The van der Waals surface area contributed by atoms with Crippen molar-refractivity contribution < 1.29 is 14.6 Å². The summed E-state index contributed by atoms with van der Waals surface area (Å²) in [5.74, 6) is 0.264. The quantitative estimate of drug-likeness (QED) is 0.882. The van der Waals surface area contributed by atoms with Gasteiger partial charge >= 0.3 is 5.97 Å². The van der Waals surface area contributed by atoms with Crippen LogP contribution in [0.2, 0.25) is 0 Å². The molecule has 0 aliphatic rings. The second kappa shape index (κ2) is 6.26. The standard InChI is InChI=1S/C16H18N2O3/c1-10-7-8-14(21-3)12(9-10)11(2)17-15-6-4-5-13(18-15)16(19)20/h4-9,11H,1-3H3,(H,17,18)(H,19,20)/t11-/m1/s1. The minimum absolute atomic E-state index is 0.0170. The molecule has 2 aromatic rings. The van der Waals surface area contributed by atoms with Crippen molar-refractivity contribution in [2.45, 2.75) is 19.9 Å². The fraction of sp³-hybridized carbons (Fsp3) is 0.250. The number of benzene rings is 1. The van der Waals surface area contributed by atoms with Gasteiger partial charge in [-0.15, -0.1) is 0 Å². The van der Waals surface area contributed by atoms with Crippen LogP contribution in [-0.2, 0) is 0 Å². The molecule has 5 nitrogen and oxygen atoms in total. The molecule has 0 spiro atoms. The van der Waals surface area contributed by atoms with E-state index in [-0.39, 0.29) is 11.7 Å².